The fourth-order valence-electron chi connectivity index (χ4n) is 2.33. The predicted molar refractivity (Wildman–Crippen MR) is 79.3 cm³/mol. The number of ether oxygens (including phenoxy) is 2. The van der Waals surface area contributed by atoms with E-state index in [1.165, 1.54) is 5.56 Å². The van der Waals surface area contributed by atoms with E-state index < -0.39 is 0 Å². The van der Waals surface area contributed by atoms with Crippen molar-refractivity contribution < 1.29 is 14.3 Å². The molecule has 2 rings (SSSR count). The van der Waals surface area contributed by atoms with E-state index in [1.54, 1.807) is 0 Å². The topological polar surface area (TPSA) is 35.5 Å². The van der Waals surface area contributed by atoms with Crippen molar-refractivity contribution in [1.29, 1.82) is 0 Å². The third kappa shape index (κ3) is 3.60. The molecule has 0 bridgehead atoms. The van der Waals surface area contributed by atoms with Crippen molar-refractivity contribution in [2.24, 2.45) is 5.92 Å². The Labute approximate surface area is 121 Å². The van der Waals surface area contributed by atoms with Crippen LogP contribution >= 0.6 is 0 Å². The molecule has 1 aliphatic heterocycles. The van der Waals surface area contributed by atoms with E-state index in [0.29, 0.717) is 13.2 Å². The van der Waals surface area contributed by atoms with Crippen molar-refractivity contribution >= 4 is 5.78 Å². The van der Waals surface area contributed by atoms with Gasteiger partial charge >= 0.3 is 0 Å². The van der Waals surface area contributed by atoms with Crippen LogP contribution in [0.2, 0.25) is 0 Å². The number of Topliss-reactive ketones (excluding diaryl/α,β-unsaturated/α-hetero) is 1. The van der Waals surface area contributed by atoms with Crippen molar-refractivity contribution in [3.8, 4) is 5.75 Å². The molecule has 0 aromatic heterocycles. The van der Waals surface area contributed by atoms with Crippen molar-refractivity contribution in [3.63, 3.8) is 0 Å². The number of carbonyl (C=O) groups is 1. The molecule has 1 aromatic rings. The summed E-state index contributed by atoms with van der Waals surface area (Å²) in [5, 5.41) is 0. The molecular weight excluding hydrogens is 252 g/mol. The number of aryl methyl sites for hydroxylation is 1. The molecule has 1 saturated heterocycles. The average molecular weight is 276 g/mol. The Morgan fingerprint density at radius 2 is 2.15 bits per heavy atom. The first-order valence-electron chi connectivity index (χ1n) is 7.22. The summed E-state index contributed by atoms with van der Waals surface area (Å²) in [5.74, 6) is 0.955. The maximum absolute atomic E-state index is 12.0. The summed E-state index contributed by atoms with van der Waals surface area (Å²) < 4.78 is 10.9. The molecule has 1 atom stereocenters. The van der Waals surface area contributed by atoms with Gasteiger partial charge in [-0.2, -0.15) is 0 Å². The van der Waals surface area contributed by atoms with Crippen LogP contribution in [-0.4, -0.2) is 25.6 Å². The molecule has 0 saturated carbocycles. The zero-order chi connectivity index (χ0) is 14.8. The fourth-order valence-corrected chi connectivity index (χ4v) is 2.33. The number of carbonyl (C=O) groups excluding carboxylic acids is 1. The molecule has 1 heterocycles. The van der Waals surface area contributed by atoms with Gasteiger partial charge in [-0.1, -0.05) is 32.9 Å². The van der Waals surface area contributed by atoms with Gasteiger partial charge in [0, 0.05) is 12.5 Å². The predicted octanol–water partition coefficient (Wildman–Crippen LogP) is 3.28. The van der Waals surface area contributed by atoms with Gasteiger partial charge < -0.3 is 9.47 Å². The van der Waals surface area contributed by atoms with Crippen LogP contribution in [0, 0.1) is 12.8 Å². The lowest BCUT2D eigenvalue weighted by Crippen LogP contribution is -2.22. The molecule has 0 N–H and O–H groups in total. The Morgan fingerprint density at radius 1 is 1.40 bits per heavy atom. The van der Waals surface area contributed by atoms with Gasteiger partial charge in [-0.15, -0.1) is 0 Å². The quantitative estimate of drug-likeness (QED) is 0.846. The summed E-state index contributed by atoms with van der Waals surface area (Å²) in [6, 6.07) is 6.18. The number of benzene rings is 1. The lowest BCUT2D eigenvalue weighted by atomic mass is 9.86. The third-order valence-corrected chi connectivity index (χ3v) is 3.80. The van der Waals surface area contributed by atoms with Crippen LogP contribution in [0.5, 0.6) is 5.75 Å². The lowest BCUT2D eigenvalue weighted by molar-refractivity contribution is -0.124. The standard InChI is InChI=1S/C17H24O3/c1-12-9-14(17(2,3)4)5-6-16(12)20-11-15(18)13-7-8-19-10-13/h5-6,9,13H,7-8,10-11H2,1-4H3. The molecule has 0 aliphatic carbocycles. The second-order valence-electron chi connectivity index (χ2n) is 6.55. The Morgan fingerprint density at radius 3 is 2.70 bits per heavy atom. The molecular formula is C17H24O3. The van der Waals surface area contributed by atoms with Crippen molar-refractivity contribution in [1.82, 2.24) is 0 Å². The van der Waals surface area contributed by atoms with Crippen molar-refractivity contribution in [2.75, 3.05) is 19.8 Å². The van der Waals surface area contributed by atoms with E-state index in [4.69, 9.17) is 9.47 Å². The number of hydrogen-bond acceptors (Lipinski definition) is 3. The molecule has 20 heavy (non-hydrogen) atoms. The van der Waals surface area contributed by atoms with E-state index in [2.05, 4.69) is 32.9 Å². The molecule has 1 aromatic carbocycles. The first-order valence-corrected chi connectivity index (χ1v) is 7.22. The van der Waals surface area contributed by atoms with Crippen molar-refractivity contribution in [3.05, 3.63) is 29.3 Å². The molecule has 3 nitrogen and oxygen atoms in total. The molecule has 3 heteroatoms. The lowest BCUT2D eigenvalue weighted by Gasteiger charge is -2.20. The Hall–Kier alpha value is -1.35. The van der Waals surface area contributed by atoms with Crippen LogP contribution < -0.4 is 4.74 Å². The molecule has 1 unspecified atom stereocenters. The van der Waals surface area contributed by atoms with Crippen LogP contribution in [0.3, 0.4) is 0 Å². The summed E-state index contributed by atoms with van der Waals surface area (Å²) in [5.41, 5.74) is 2.48. The van der Waals surface area contributed by atoms with E-state index in [9.17, 15) is 4.79 Å². The normalized spacial score (nSPS) is 19.1. The first kappa shape index (κ1) is 15.0. The van der Waals surface area contributed by atoms with E-state index in [1.807, 2.05) is 13.0 Å². The zero-order valence-corrected chi connectivity index (χ0v) is 12.9. The molecule has 0 spiro atoms. The van der Waals surface area contributed by atoms with Gasteiger partial charge in [0.2, 0.25) is 0 Å². The van der Waals surface area contributed by atoms with Gasteiger partial charge in [0.15, 0.2) is 5.78 Å². The minimum Gasteiger partial charge on any atom is -0.486 e. The van der Waals surface area contributed by atoms with Crippen LogP contribution in [0.4, 0.5) is 0 Å². The van der Waals surface area contributed by atoms with Crippen molar-refractivity contribution in [2.45, 2.75) is 39.5 Å². The van der Waals surface area contributed by atoms with Gasteiger partial charge in [0.1, 0.15) is 12.4 Å². The second kappa shape index (κ2) is 5.96. The molecule has 1 aliphatic rings. The summed E-state index contributed by atoms with van der Waals surface area (Å²) in [4.78, 5) is 12.0. The molecule has 1 fully saturated rings. The van der Waals surface area contributed by atoms with E-state index in [0.717, 1.165) is 17.7 Å². The van der Waals surface area contributed by atoms with Crippen LogP contribution in [0.1, 0.15) is 38.3 Å². The second-order valence-corrected chi connectivity index (χ2v) is 6.55. The fraction of sp³-hybridized carbons (Fsp3) is 0.588. The number of ketones is 1. The Bertz CT molecular complexity index is 479. The molecule has 0 radical (unpaired) electrons. The summed E-state index contributed by atoms with van der Waals surface area (Å²) in [7, 11) is 0. The van der Waals surface area contributed by atoms with Gasteiger partial charge in [0.05, 0.1) is 6.61 Å². The SMILES string of the molecule is Cc1cc(C(C)(C)C)ccc1OCC(=O)C1CCOC1. The van der Waals surface area contributed by atoms with Gasteiger partial charge in [-0.3, -0.25) is 4.79 Å². The minimum atomic E-state index is 0.0177. The summed E-state index contributed by atoms with van der Waals surface area (Å²) >= 11 is 0. The number of rotatable bonds is 4. The highest BCUT2D eigenvalue weighted by atomic mass is 16.5. The highest BCUT2D eigenvalue weighted by Gasteiger charge is 2.24. The highest BCUT2D eigenvalue weighted by Crippen LogP contribution is 2.27. The summed E-state index contributed by atoms with van der Waals surface area (Å²) in [6.07, 6.45) is 0.824. The highest BCUT2D eigenvalue weighted by molar-refractivity contribution is 5.82. The summed E-state index contributed by atoms with van der Waals surface area (Å²) in [6.45, 7) is 9.96. The largest absolute Gasteiger partial charge is 0.486 e. The van der Waals surface area contributed by atoms with Crippen LogP contribution in [-0.2, 0) is 14.9 Å². The Balaban J connectivity index is 1.98. The Kier molecular flexibility index (Phi) is 4.48. The number of hydrogen-bond donors (Lipinski definition) is 0. The smallest absolute Gasteiger partial charge is 0.175 e. The van der Waals surface area contributed by atoms with Crippen LogP contribution in [0.25, 0.3) is 0 Å². The maximum atomic E-state index is 12.0. The van der Waals surface area contributed by atoms with E-state index in [-0.39, 0.29) is 23.7 Å². The monoisotopic (exact) mass is 276 g/mol. The van der Waals surface area contributed by atoms with Gasteiger partial charge in [-0.05, 0) is 36.0 Å². The van der Waals surface area contributed by atoms with Gasteiger partial charge in [-0.25, -0.2) is 0 Å². The zero-order valence-electron chi connectivity index (χ0n) is 12.9. The minimum absolute atomic E-state index is 0.0177. The maximum Gasteiger partial charge on any atom is 0.175 e. The first-order chi connectivity index (χ1) is 9.38. The van der Waals surface area contributed by atoms with Gasteiger partial charge in [0.25, 0.3) is 0 Å². The molecule has 110 valence electrons. The average Bonchev–Trinajstić information content (AvgIpc) is 2.89. The van der Waals surface area contributed by atoms with E-state index >= 15 is 0 Å². The third-order valence-electron chi connectivity index (χ3n) is 3.80. The molecule has 0 amide bonds. The van der Waals surface area contributed by atoms with Crippen LogP contribution in [0.15, 0.2) is 18.2 Å².